The molecule has 0 aromatic heterocycles. The molecule has 0 bridgehead atoms. The van der Waals surface area contributed by atoms with Crippen molar-refractivity contribution in [1.82, 2.24) is 0 Å². The zero-order valence-corrected chi connectivity index (χ0v) is 8.37. The van der Waals surface area contributed by atoms with Gasteiger partial charge in [-0.1, -0.05) is 12.1 Å². The number of nitrogens with two attached hydrogens (primary N) is 1. The maximum absolute atomic E-state index is 12.6. The zero-order valence-electron chi connectivity index (χ0n) is 8.37. The molecule has 5 heteroatoms. The SMILES string of the molecule is COc1cccc(C(F)F)c1CCON. The minimum absolute atomic E-state index is 0.0357. The molecule has 0 atom stereocenters. The van der Waals surface area contributed by atoms with E-state index in [1.54, 1.807) is 6.07 Å². The molecule has 0 aliphatic rings. The van der Waals surface area contributed by atoms with E-state index in [9.17, 15) is 8.78 Å². The van der Waals surface area contributed by atoms with Crippen molar-refractivity contribution in [3.05, 3.63) is 29.3 Å². The van der Waals surface area contributed by atoms with Crippen LogP contribution in [0.25, 0.3) is 0 Å². The van der Waals surface area contributed by atoms with Crippen LogP contribution in [0.2, 0.25) is 0 Å². The lowest BCUT2D eigenvalue weighted by atomic mass is 10.0. The van der Waals surface area contributed by atoms with E-state index in [4.69, 9.17) is 10.6 Å². The molecule has 2 N–H and O–H groups in total. The molecule has 0 spiro atoms. The van der Waals surface area contributed by atoms with Crippen LogP contribution in [0.4, 0.5) is 8.78 Å². The van der Waals surface area contributed by atoms with Gasteiger partial charge >= 0.3 is 0 Å². The number of alkyl halides is 2. The summed E-state index contributed by atoms with van der Waals surface area (Å²) in [6.07, 6.45) is -2.21. The van der Waals surface area contributed by atoms with E-state index < -0.39 is 6.43 Å². The third kappa shape index (κ3) is 2.87. The van der Waals surface area contributed by atoms with Crippen LogP contribution in [0.1, 0.15) is 17.6 Å². The van der Waals surface area contributed by atoms with Crippen LogP contribution in [-0.4, -0.2) is 13.7 Å². The van der Waals surface area contributed by atoms with Crippen LogP contribution < -0.4 is 10.6 Å². The van der Waals surface area contributed by atoms with E-state index in [1.165, 1.54) is 19.2 Å². The van der Waals surface area contributed by atoms with E-state index in [0.29, 0.717) is 17.7 Å². The lowest BCUT2D eigenvalue weighted by Gasteiger charge is -2.12. The predicted octanol–water partition coefficient (Wildman–Crippen LogP) is 2.07. The van der Waals surface area contributed by atoms with Gasteiger partial charge in [0.15, 0.2) is 0 Å². The molecule has 0 fully saturated rings. The van der Waals surface area contributed by atoms with E-state index >= 15 is 0 Å². The molecule has 0 radical (unpaired) electrons. The number of hydrogen-bond acceptors (Lipinski definition) is 3. The first kappa shape index (κ1) is 11.9. The Kier molecular flexibility index (Phi) is 4.45. The summed E-state index contributed by atoms with van der Waals surface area (Å²) in [6, 6.07) is 4.55. The van der Waals surface area contributed by atoms with Gasteiger partial charge in [-0.25, -0.2) is 14.7 Å². The predicted molar refractivity (Wildman–Crippen MR) is 51.8 cm³/mol. The van der Waals surface area contributed by atoms with Crippen LogP contribution in [-0.2, 0) is 11.3 Å². The molecule has 0 heterocycles. The Morgan fingerprint density at radius 1 is 1.40 bits per heavy atom. The number of benzene rings is 1. The Morgan fingerprint density at radius 3 is 2.67 bits per heavy atom. The second-order valence-corrected chi connectivity index (χ2v) is 2.95. The normalized spacial score (nSPS) is 10.7. The van der Waals surface area contributed by atoms with Gasteiger partial charge in [0.05, 0.1) is 13.7 Å². The van der Waals surface area contributed by atoms with E-state index in [-0.39, 0.29) is 12.2 Å². The Hall–Kier alpha value is -1.20. The zero-order chi connectivity index (χ0) is 11.3. The summed E-state index contributed by atoms with van der Waals surface area (Å²) >= 11 is 0. The molecule has 0 saturated carbocycles. The standard InChI is InChI=1S/C10H13F2NO2/c1-14-9-4-2-3-8(10(11)12)7(9)5-6-15-13/h2-4,10H,5-6,13H2,1H3. The van der Waals surface area contributed by atoms with Crippen molar-refractivity contribution in [2.24, 2.45) is 5.90 Å². The molecule has 1 rings (SSSR count). The monoisotopic (exact) mass is 217 g/mol. The first-order valence-corrected chi connectivity index (χ1v) is 4.46. The summed E-state index contributed by atoms with van der Waals surface area (Å²) in [5.74, 6) is 5.30. The van der Waals surface area contributed by atoms with Crippen molar-refractivity contribution in [2.45, 2.75) is 12.8 Å². The minimum atomic E-state index is -2.52. The number of ether oxygens (including phenoxy) is 1. The summed E-state index contributed by atoms with van der Waals surface area (Å²) in [4.78, 5) is 4.38. The molecule has 15 heavy (non-hydrogen) atoms. The van der Waals surface area contributed by atoms with E-state index in [1.807, 2.05) is 0 Å². The largest absolute Gasteiger partial charge is 0.496 e. The van der Waals surface area contributed by atoms with E-state index in [2.05, 4.69) is 4.84 Å². The molecule has 0 amide bonds. The van der Waals surface area contributed by atoms with Gasteiger partial charge in [-0.15, -0.1) is 0 Å². The van der Waals surface area contributed by atoms with Gasteiger partial charge in [0, 0.05) is 17.5 Å². The third-order valence-corrected chi connectivity index (χ3v) is 2.09. The Morgan fingerprint density at radius 2 is 2.13 bits per heavy atom. The van der Waals surface area contributed by atoms with Gasteiger partial charge < -0.3 is 9.57 Å². The first-order valence-electron chi connectivity index (χ1n) is 4.46. The smallest absolute Gasteiger partial charge is 0.264 e. The summed E-state index contributed by atoms with van der Waals surface area (Å²) in [7, 11) is 1.44. The second-order valence-electron chi connectivity index (χ2n) is 2.95. The number of methoxy groups -OCH3 is 1. The third-order valence-electron chi connectivity index (χ3n) is 2.09. The fraction of sp³-hybridized carbons (Fsp3) is 0.400. The van der Waals surface area contributed by atoms with Gasteiger partial charge in [-0.2, -0.15) is 0 Å². The Labute approximate surface area is 86.7 Å². The van der Waals surface area contributed by atoms with Gasteiger partial charge in [0.25, 0.3) is 6.43 Å². The maximum atomic E-state index is 12.6. The van der Waals surface area contributed by atoms with Crippen LogP contribution >= 0.6 is 0 Å². The lowest BCUT2D eigenvalue weighted by molar-refractivity contribution is 0.134. The molecular weight excluding hydrogens is 204 g/mol. The highest BCUT2D eigenvalue weighted by Gasteiger charge is 2.16. The van der Waals surface area contributed by atoms with Crippen molar-refractivity contribution < 1.29 is 18.4 Å². The summed E-state index contributed by atoms with van der Waals surface area (Å²) in [5.41, 5.74) is 0.409. The minimum Gasteiger partial charge on any atom is -0.496 e. The number of hydrogen-bond donors (Lipinski definition) is 1. The highest BCUT2D eigenvalue weighted by atomic mass is 19.3. The molecule has 0 aliphatic heterocycles. The van der Waals surface area contributed by atoms with Gasteiger partial charge in [-0.05, 0) is 6.07 Å². The van der Waals surface area contributed by atoms with Crippen molar-refractivity contribution in [3.63, 3.8) is 0 Å². The van der Waals surface area contributed by atoms with Crippen LogP contribution in [0.15, 0.2) is 18.2 Å². The Bertz CT molecular complexity index is 318. The van der Waals surface area contributed by atoms with Crippen LogP contribution in [0, 0.1) is 0 Å². The molecule has 0 aliphatic carbocycles. The second kappa shape index (κ2) is 5.63. The molecule has 0 saturated heterocycles. The fourth-order valence-electron chi connectivity index (χ4n) is 1.41. The quantitative estimate of drug-likeness (QED) is 0.768. The van der Waals surface area contributed by atoms with Crippen molar-refractivity contribution in [3.8, 4) is 5.75 Å². The Balaban J connectivity index is 3.03. The molecule has 84 valence electrons. The maximum Gasteiger partial charge on any atom is 0.264 e. The molecule has 0 unspecified atom stereocenters. The lowest BCUT2D eigenvalue weighted by Crippen LogP contribution is -2.07. The van der Waals surface area contributed by atoms with Crippen LogP contribution in [0.3, 0.4) is 0 Å². The topological polar surface area (TPSA) is 44.5 Å². The molecule has 1 aromatic carbocycles. The van der Waals surface area contributed by atoms with Crippen molar-refractivity contribution in [2.75, 3.05) is 13.7 Å². The first-order chi connectivity index (χ1) is 7.20. The number of halogens is 2. The highest BCUT2D eigenvalue weighted by molar-refractivity contribution is 5.41. The van der Waals surface area contributed by atoms with Crippen molar-refractivity contribution in [1.29, 1.82) is 0 Å². The highest BCUT2D eigenvalue weighted by Crippen LogP contribution is 2.30. The summed E-state index contributed by atoms with van der Waals surface area (Å²) in [5, 5.41) is 0. The fourth-order valence-corrected chi connectivity index (χ4v) is 1.41. The van der Waals surface area contributed by atoms with E-state index in [0.717, 1.165) is 0 Å². The average Bonchev–Trinajstić information content (AvgIpc) is 2.25. The molecule has 1 aromatic rings. The van der Waals surface area contributed by atoms with Gasteiger partial charge in [0.2, 0.25) is 0 Å². The average molecular weight is 217 g/mol. The molecular formula is C10H13F2NO2. The van der Waals surface area contributed by atoms with Crippen molar-refractivity contribution >= 4 is 0 Å². The number of rotatable bonds is 5. The summed E-state index contributed by atoms with van der Waals surface area (Å²) in [6.45, 7) is 0.181. The van der Waals surface area contributed by atoms with Gasteiger partial charge in [0.1, 0.15) is 5.75 Å². The molecule has 3 nitrogen and oxygen atoms in total. The summed E-state index contributed by atoms with van der Waals surface area (Å²) < 4.78 is 30.3. The van der Waals surface area contributed by atoms with Gasteiger partial charge in [-0.3, -0.25) is 0 Å². The van der Waals surface area contributed by atoms with Crippen LogP contribution in [0.5, 0.6) is 5.75 Å².